The minimum atomic E-state index is -0.983. The molecule has 5 nitrogen and oxygen atoms in total. The Kier molecular flexibility index (Phi) is 4.40. The molecule has 1 fully saturated rings. The molecule has 7 heteroatoms. The van der Waals surface area contributed by atoms with Crippen LogP contribution < -0.4 is 5.32 Å². The van der Waals surface area contributed by atoms with Crippen LogP contribution in [-0.2, 0) is 4.79 Å². The molecule has 1 atom stereocenters. The lowest BCUT2D eigenvalue weighted by Crippen LogP contribution is -2.52. The third kappa shape index (κ3) is 2.92. The quantitative estimate of drug-likeness (QED) is 0.876. The summed E-state index contributed by atoms with van der Waals surface area (Å²) in [6.07, 6.45) is 0. The van der Waals surface area contributed by atoms with Crippen molar-refractivity contribution < 1.29 is 19.1 Å². The number of aromatic hydroxyl groups is 1. The smallest absolute Gasteiger partial charge is 0.255 e. The number of benzene rings is 2. The highest BCUT2D eigenvalue weighted by Gasteiger charge is 2.35. The fraction of sp³-hybridized carbons (Fsp3) is 0.176. The first-order valence-corrected chi connectivity index (χ1v) is 7.68. The first kappa shape index (κ1) is 16.3. The highest BCUT2D eigenvalue weighted by molar-refractivity contribution is 6.32. The lowest BCUT2D eigenvalue weighted by Gasteiger charge is -2.35. The second-order valence-electron chi connectivity index (χ2n) is 5.39. The van der Waals surface area contributed by atoms with E-state index in [0.717, 1.165) is 6.07 Å². The normalized spacial score (nSPS) is 17.5. The van der Waals surface area contributed by atoms with E-state index >= 15 is 0 Å². The molecule has 0 saturated carbocycles. The van der Waals surface area contributed by atoms with Gasteiger partial charge in [-0.05, 0) is 17.7 Å². The second kappa shape index (κ2) is 6.49. The molecule has 2 aromatic rings. The molecule has 24 heavy (non-hydrogen) atoms. The number of carbonyl (C=O) groups excluding carboxylic acids is 2. The molecule has 2 aromatic carbocycles. The molecule has 1 heterocycles. The molecule has 124 valence electrons. The molecular weight excluding hydrogens is 335 g/mol. The Morgan fingerprint density at radius 3 is 2.67 bits per heavy atom. The number of nitrogens with zero attached hydrogens (tertiary/aromatic N) is 1. The van der Waals surface area contributed by atoms with E-state index in [4.69, 9.17) is 11.6 Å². The summed E-state index contributed by atoms with van der Waals surface area (Å²) in [4.78, 5) is 26.4. The van der Waals surface area contributed by atoms with E-state index in [1.54, 1.807) is 24.3 Å². The maximum atomic E-state index is 13.7. The van der Waals surface area contributed by atoms with E-state index in [2.05, 4.69) is 5.32 Å². The van der Waals surface area contributed by atoms with Crippen molar-refractivity contribution in [2.24, 2.45) is 0 Å². The number of nitrogens with one attached hydrogen (secondary N) is 1. The van der Waals surface area contributed by atoms with Crippen molar-refractivity contribution in [1.29, 1.82) is 0 Å². The van der Waals surface area contributed by atoms with Crippen LogP contribution in [0.15, 0.2) is 42.5 Å². The van der Waals surface area contributed by atoms with Gasteiger partial charge in [-0.25, -0.2) is 4.39 Å². The van der Waals surface area contributed by atoms with Crippen molar-refractivity contribution in [2.45, 2.75) is 6.04 Å². The molecule has 0 aromatic heterocycles. The molecule has 0 radical (unpaired) electrons. The molecule has 1 saturated heterocycles. The van der Waals surface area contributed by atoms with Gasteiger partial charge in [0.2, 0.25) is 5.91 Å². The summed E-state index contributed by atoms with van der Waals surface area (Å²) in [6.45, 7) is 0.590. The molecule has 1 aliphatic rings. The van der Waals surface area contributed by atoms with Crippen LogP contribution in [0, 0.1) is 5.82 Å². The Bertz CT molecular complexity index is 775. The van der Waals surface area contributed by atoms with Gasteiger partial charge in [0.15, 0.2) is 11.6 Å². The van der Waals surface area contributed by atoms with Crippen LogP contribution in [0.3, 0.4) is 0 Å². The van der Waals surface area contributed by atoms with E-state index < -0.39 is 23.5 Å². The molecule has 0 unspecified atom stereocenters. The zero-order valence-electron chi connectivity index (χ0n) is 12.5. The predicted octanol–water partition coefficient (Wildman–Crippen LogP) is 2.50. The topological polar surface area (TPSA) is 69.6 Å². The summed E-state index contributed by atoms with van der Waals surface area (Å²) >= 11 is 5.74. The SMILES string of the molecule is O=C1NCCN(C(=O)c2cc(F)c(O)c(Cl)c2)[C@@H]1c1ccccc1. The van der Waals surface area contributed by atoms with Crippen LogP contribution in [0.25, 0.3) is 0 Å². The van der Waals surface area contributed by atoms with Gasteiger partial charge in [-0.3, -0.25) is 9.59 Å². The Morgan fingerprint density at radius 1 is 1.29 bits per heavy atom. The van der Waals surface area contributed by atoms with Gasteiger partial charge in [-0.15, -0.1) is 0 Å². The van der Waals surface area contributed by atoms with Gasteiger partial charge < -0.3 is 15.3 Å². The Labute approximate surface area is 142 Å². The number of rotatable bonds is 2. The summed E-state index contributed by atoms with van der Waals surface area (Å²) in [6, 6.07) is 10.2. The number of piperazine rings is 1. The third-order valence-electron chi connectivity index (χ3n) is 3.85. The monoisotopic (exact) mass is 348 g/mol. The number of carbonyl (C=O) groups is 2. The summed E-state index contributed by atoms with van der Waals surface area (Å²) in [5.41, 5.74) is 0.638. The number of amides is 2. The lowest BCUT2D eigenvalue weighted by molar-refractivity contribution is -0.128. The summed E-state index contributed by atoms with van der Waals surface area (Å²) in [5.74, 6) is -2.52. The second-order valence-corrected chi connectivity index (χ2v) is 5.80. The van der Waals surface area contributed by atoms with E-state index in [0.29, 0.717) is 12.1 Å². The minimum Gasteiger partial charge on any atom is -0.504 e. The van der Waals surface area contributed by atoms with Gasteiger partial charge in [0, 0.05) is 18.7 Å². The van der Waals surface area contributed by atoms with Crippen molar-refractivity contribution in [1.82, 2.24) is 10.2 Å². The van der Waals surface area contributed by atoms with Crippen LogP contribution in [0.2, 0.25) is 5.02 Å². The number of hydrogen-bond donors (Lipinski definition) is 2. The van der Waals surface area contributed by atoms with E-state index in [1.165, 1.54) is 11.0 Å². The molecule has 2 amide bonds. The predicted molar refractivity (Wildman–Crippen MR) is 86.3 cm³/mol. The molecule has 0 bridgehead atoms. The van der Waals surface area contributed by atoms with E-state index in [-0.39, 0.29) is 23.0 Å². The first-order valence-electron chi connectivity index (χ1n) is 7.30. The van der Waals surface area contributed by atoms with Crippen molar-refractivity contribution in [3.05, 3.63) is 64.4 Å². The number of hydrogen-bond acceptors (Lipinski definition) is 3. The maximum absolute atomic E-state index is 13.7. The minimum absolute atomic E-state index is 0.0223. The highest BCUT2D eigenvalue weighted by atomic mass is 35.5. The Balaban J connectivity index is 1.99. The van der Waals surface area contributed by atoms with Crippen LogP contribution in [-0.4, -0.2) is 34.9 Å². The van der Waals surface area contributed by atoms with Crippen LogP contribution in [0.1, 0.15) is 22.0 Å². The largest absolute Gasteiger partial charge is 0.504 e. The average molecular weight is 349 g/mol. The summed E-state index contributed by atoms with van der Waals surface area (Å²) < 4.78 is 13.7. The standard InChI is InChI=1S/C17H14ClFN2O3/c18-12-8-11(9-13(19)15(12)22)17(24)21-7-6-20-16(23)14(21)10-4-2-1-3-5-10/h1-5,8-9,14,22H,6-7H2,(H,20,23)/t14-/m1/s1. The fourth-order valence-electron chi connectivity index (χ4n) is 2.71. The van der Waals surface area contributed by atoms with Gasteiger partial charge >= 0.3 is 0 Å². The van der Waals surface area contributed by atoms with Gasteiger partial charge in [-0.2, -0.15) is 0 Å². The summed E-state index contributed by atoms with van der Waals surface area (Å²) in [7, 11) is 0. The zero-order chi connectivity index (χ0) is 17.3. The molecule has 3 rings (SSSR count). The van der Waals surface area contributed by atoms with E-state index in [9.17, 15) is 19.1 Å². The maximum Gasteiger partial charge on any atom is 0.255 e. The van der Waals surface area contributed by atoms with Gasteiger partial charge in [0.05, 0.1) is 5.02 Å². The fourth-order valence-corrected chi connectivity index (χ4v) is 2.91. The van der Waals surface area contributed by atoms with Crippen molar-refractivity contribution >= 4 is 23.4 Å². The van der Waals surface area contributed by atoms with Crippen molar-refractivity contribution in [2.75, 3.05) is 13.1 Å². The molecule has 1 aliphatic heterocycles. The summed E-state index contributed by atoms with van der Waals surface area (Å²) in [5, 5.41) is 11.9. The first-order chi connectivity index (χ1) is 11.5. The van der Waals surface area contributed by atoms with E-state index in [1.807, 2.05) is 6.07 Å². The van der Waals surface area contributed by atoms with Crippen LogP contribution in [0.4, 0.5) is 4.39 Å². The number of phenols is 1. The Hall–Kier alpha value is -2.60. The number of phenolic OH excluding ortho intramolecular Hbond substituents is 1. The Morgan fingerprint density at radius 2 is 2.00 bits per heavy atom. The lowest BCUT2D eigenvalue weighted by atomic mass is 10.0. The highest BCUT2D eigenvalue weighted by Crippen LogP contribution is 2.30. The third-order valence-corrected chi connectivity index (χ3v) is 4.14. The van der Waals surface area contributed by atoms with Crippen LogP contribution in [0.5, 0.6) is 5.75 Å². The zero-order valence-corrected chi connectivity index (χ0v) is 13.3. The van der Waals surface area contributed by atoms with Gasteiger partial charge in [-0.1, -0.05) is 41.9 Å². The van der Waals surface area contributed by atoms with Crippen molar-refractivity contribution in [3.8, 4) is 5.75 Å². The number of halogens is 2. The van der Waals surface area contributed by atoms with Gasteiger partial charge in [0.1, 0.15) is 6.04 Å². The van der Waals surface area contributed by atoms with Gasteiger partial charge in [0.25, 0.3) is 5.91 Å². The molecule has 0 aliphatic carbocycles. The van der Waals surface area contributed by atoms with Crippen LogP contribution >= 0.6 is 11.6 Å². The average Bonchev–Trinajstić information content (AvgIpc) is 2.59. The molecule has 2 N–H and O–H groups in total. The molecule has 0 spiro atoms. The van der Waals surface area contributed by atoms with Crippen molar-refractivity contribution in [3.63, 3.8) is 0 Å². The molecular formula is C17H14ClFN2O3.